The first-order valence-electron chi connectivity index (χ1n) is 6.64. The number of halogens is 1. The first kappa shape index (κ1) is 13.9. The van der Waals surface area contributed by atoms with Crippen molar-refractivity contribution in [3.05, 3.63) is 52.3 Å². The maximum Gasteiger partial charge on any atom is 0.272 e. The van der Waals surface area contributed by atoms with E-state index in [4.69, 9.17) is 5.73 Å². The van der Waals surface area contributed by atoms with E-state index in [0.29, 0.717) is 23.0 Å². The monoisotopic (exact) mass is 347 g/mol. The van der Waals surface area contributed by atoms with Crippen molar-refractivity contribution in [2.45, 2.75) is 18.9 Å². The zero-order chi connectivity index (χ0) is 15.0. The Kier molecular flexibility index (Phi) is 3.55. The third kappa shape index (κ3) is 2.85. The van der Waals surface area contributed by atoms with Gasteiger partial charge in [-0.1, -0.05) is 12.1 Å². The van der Waals surface area contributed by atoms with E-state index in [9.17, 15) is 9.59 Å². The van der Waals surface area contributed by atoms with Crippen LogP contribution in [0.25, 0.3) is 0 Å². The zero-order valence-corrected chi connectivity index (χ0v) is 12.8. The average molecular weight is 348 g/mol. The van der Waals surface area contributed by atoms with Crippen molar-refractivity contribution in [3.63, 3.8) is 0 Å². The minimum absolute atomic E-state index is 0.249. The molecular formula is C15H14BrN3O2. The molecular weight excluding hydrogens is 334 g/mol. The van der Waals surface area contributed by atoms with E-state index in [1.165, 1.54) is 0 Å². The van der Waals surface area contributed by atoms with Gasteiger partial charge >= 0.3 is 0 Å². The lowest BCUT2D eigenvalue weighted by Gasteiger charge is -2.10. The molecule has 0 saturated heterocycles. The second-order valence-corrected chi connectivity index (χ2v) is 5.96. The molecule has 1 aliphatic carbocycles. The molecule has 1 aromatic heterocycles. The predicted molar refractivity (Wildman–Crippen MR) is 83.3 cm³/mol. The summed E-state index contributed by atoms with van der Waals surface area (Å²) in [6.07, 6.45) is 4.07. The second kappa shape index (κ2) is 5.37. The molecule has 1 fully saturated rings. The molecule has 0 aliphatic heterocycles. The summed E-state index contributed by atoms with van der Waals surface area (Å²) < 4.78 is 2.83. The molecule has 0 radical (unpaired) electrons. The molecule has 1 aromatic carbocycles. The summed E-state index contributed by atoms with van der Waals surface area (Å²) in [5, 5.41) is 2.76. The third-order valence-electron chi connectivity index (χ3n) is 3.43. The summed E-state index contributed by atoms with van der Waals surface area (Å²) in [4.78, 5) is 23.8. The Morgan fingerprint density at radius 3 is 2.67 bits per heavy atom. The van der Waals surface area contributed by atoms with Gasteiger partial charge in [0.25, 0.3) is 11.8 Å². The summed E-state index contributed by atoms with van der Waals surface area (Å²) in [6.45, 7) is 0. The average Bonchev–Trinajstić information content (AvgIpc) is 3.21. The molecule has 2 aromatic rings. The van der Waals surface area contributed by atoms with Crippen molar-refractivity contribution in [2.75, 3.05) is 5.32 Å². The lowest BCUT2D eigenvalue weighted by Crippen LogP contribution is -2.20. The molecule has 5 nitrogen and oxygen atoms in total. The maximum atomic E-state index is 12.5. The smallest absolute Gasteiger partial charge is 0.272 e. The van der Waals surface area contributed by atoms with Crippen LogP contribution < -0.4 is 11.1 Å². The number of nitrogens with zero attached hydrogens (tertiary/aromatic N) is 1. The fraction of sp³-hybridized carbons (Fsp3) is 0.200. The Morgan fingerprint density at radius 2 is 2.00 bits per heavy atom. The van der Waals surface area contributed by atoms with E-state index in [-0.39, 0.29) is 5.91 Å². The summed E-state index contributed by atoms with van der Waals surface area (Å²) in [6, 6.07) is 8.88. The van der Waals surface area contributed by atoms with Gasteiger partial charge in [-0.3, -0.25) is 9.59 Å². The van der Waals surface area contributed by atoms with Gasteiger partial charge in [0.05, 0.1) is 11.3 Å². The topological polar surface area (TPSA) is 77.1 Å². The van der Waals surface area contributed by atoms with Gasteiger partial charge in [-0.15, -0.1) is 0 Å². The standard InChI is InChI=1S/C15H14BrN3O2/c16-9-7-13(19(8-9)10-5-6-10)15(21)18-12-4-2-1-3-11(12)14(17)20/h1-4,7-8,10H,5-6H2,(H2,17,20)(H,18,21). The Labute approximate surface area is 130 Å². The van der Waals surface area contributed by atoms with Crippen LogP contribution >= 0.6 is 15.9 Å². The number of rotatable bonds is 4. The number of aromatic nitrogens is 1. The molecule has 1 saturated carbocycles. The van der Waals surface area contributed by atoms with Gasteiger partial charge in [0.15, 0.2) is 0 Å². The molecule has 2 amide bonds. The van der Waals surface area contributed by atoms with E-state index >= 15 is 0 Å². The van der Waals surface area contributed by atoms with Crippen molar-refractivity contribution in [2.24, 2.45) is 5.73 Å². The zero-order valence-electron chi connectivity index (χ0n) is 11.2. The Hall–Kier alpha value is -2.08. The van der Waals surface area contributed by atoms with Gasteiger partial charge in [-0.25, -0.2) is 0 Å². The van der Waals surface area contributed by atoms with Crippen molar-refractivity contribution in [3.8, 4) is 0 Å². The van der Waals surface area contributed by atoms with Gasteiger partial charge in [0, 0.05) is 16.7 Å². The molecule has 1 heterocycles. The molecule has 3 rings (SSSR count). The molecule has 6 heteroatoms. The first-order valence-corrected chi connectivity index (χ1v) is 7.43. The second-order valence-electron chi connectivity index (χ2n) is 5.05. The number of carbonyl (C=O) groups is 2. The molecule has 0 bridgehead atoms. The fourth-order valence-corrected chi connectivity index (χ4v) is 2.71. The van der Waals surface area contributed by atoms with E-state index in [1.54, 1.807) is 30.3 Å². The lowest BCUT2D eigenvalue weighted by molar-refractivity contribution is 0.100. The predicted octanol–water partition coefficient (Wildman–Crippen LogP) is 2.94. The van der Waals surface area contributed by atoms with Crippen LogP contribution in [0.5, 0.6) is 0 Å². The Balaban J connectivity index is 1.89. The van der Waals surface area contributed by atoms with Gasteiger partial charge < -0.3 is 15.6 Å². The van der Waals surface area contributed by atoms with E-state index in [2.05, 4.69) is 21.2 Å². The highest BCUT2D eigenvalue weighted by Crippen LogP contribution is 2.37. The third-order valence-corrected chi connectivity index (χ3v) is 3.86. The van der Waals surface area contributed by atoms with Crippen LogP contribution in [0.2, 0.25) is 0 Å². The van der Waals surface area contributed by atoms with Crippen LogP contribution in [0.4, 0.5) is 5.69 Å². The number of nitrogens with one attached hydrogen (secondary N) is 1. The molecule has 21 heavy (non-hydrogen) atoms. The van der Waals surface area contributed by atoms with Crippen molar-refractivity contribution in [1.29, 1.82) is 0 Å². The normalized spacial score (nSPS) is 14.0. The van der Waals surface area contributed by atoms with Gasteiger partial charge in [0.2, 0.25) is 0 Å². The molecule has 3 N–H and O–H groups in total. The minimum atomic E-state index is -0.565. The minimum Gasteiger partial charge on any atom is -0.366 e. The van der Waals surface area contributed by atoms with Crippen molar-refractivity contribution in [1.82, 2.24) is 4.57 Å². The molecule has 108 valence electrons. The van der Waals surface area contributed by atoms with Crippen LogP contribution in [0.3, 0.4) is 0 Å². The van der Waals surface area contributed by atoms with E-state index < -0.39 is 5.91 Å². The van der Waals surface area contributed by atoms with Crippen molar-refractivity contribution >= 4 is 33.4 Å². The number of primary amides is 1. The van der Waals surface area contributed by atoms with E-state index in [0.717, 1.165) is 17.3 Å². The largest absolute Gasteiger partial charge is 0.366 e. The summed E-state index contributed by atoms with van der Waals surface area (Å²) in [5.41, 5.74) is 6.62. The summed E-state index contributed by atoms with van der Waals surface area (Å²) in [5.74, 6) is -0.814. The lowest BCUT2D eigenvalue weighted by atomic mass is 10.1. The van der Waals surface area contributed by atoms with Crippen LogP contribution in [0.1, 0.15) is 39.7 Å². The number of anilines is 1. The van der Waals surface area contributed by atoms with Crippen LogP contribution in [0.15, 0.2) is 41.0 Å². The number of para-hydroxylation sites is 1. The number of benzene rings is 1. The molecule has 0 unspecified atom stereocenters. The number of nitrogens with two attached hydrogens (primary N) is 1. The number of hydrogen-bond donors (Lipinski definition) is 2. The fourth-order valence-electron chi connectivity index (χ4n) is 2.28. The number of carbonyl (C=O) groups excluding carboxylic acids is 2. The Bertz CT molecular complexity index is 719. The van der Waals surface area contributed by atoms with Gasteiger partial charge in [0.1, 0.15) is 5.69 Å². The number of amides is 2. The first-order chi connectivity index (χ1) is 10.1. The van der Waals surface area contributed by atoms with Crippen LogP contribution in [-0.2, 0) is 0 Å². The summed E-state index contributed by atoms with van der Waals surface area (Å²) in [7, 11) is 0. The van der Waals surface area contributed by atoms with Crippen LogP contribution in [0, 0.1) is 0 Å². The molecule has 0 atom stereocenters. The highest BCUT2D eigenvalue weighted by Gasteiger charge is 2.28. The quantitative estimate of drug-likeness (QED) is 0.891. The van der Waals surface area contributed by atoms with Gasteiger partial charge in [-0.2, -0.15) is 0 Å². The highest BCUT2D eigenvalue weighted by molar-refractivity contribution is 9.10. The van der Waals surface area contributed by atoms with Gasteiger partial charge in [-0.05, 0) is 47.0 Å². The maximum absolute atomic E-state index is 12.5. The Morgan fingerprint density at radius 1 is 1.29 bits per heavy atom. The summed E-state index contributed by atoms with van der Waals surface area (Å²) >= 11 is 3.40. The van der Waals surface area contributed by atoms with Crippen molar-refractivity contribution < 1.29 is 9.59 Å². The highest BCUT2D eigenvalue weighted by atomic mass is 79.9. The molecule has 1 aliphatic rings. The molecule has 0 spiro atoms. The SMILES string of the molecule is NC(=O)c1ccccc1NC(=O)c1cc(Br)cn1C1CC1. The van der Waals surface area contributed by atoms with Crippen LogP contribution in [-0.4, -0.2) is 16.4 Å². The van der Waals surface area contributed by atoms with E-state index in [1.807, 2.05) is 10.8 Å². The number of hydrogen-bond acceptors (Lipinski definition) is 2.